The summed E-state index contributed by atoms with van der Waals surface area (Å²) in [4.78, 5) is 23.3. The number of aliphatic carboxylic acids is 1. The molecule has 132 valence electrons. The lowest BCUT2D eigenvalue weighted by Crippen LogP contribution is -2.33. The Bertz CT molecular complexity index is 780. The van der Waals surface area contributed by atoms with Crippen molar-refractivity contribution in [2.24, 2.45) is 5.92 Å². The number of carboxylic acids is 1. The van der Waals surface area contributed by atoms with Crippen molar-refractivity contribution in [3.8, 4) is 0 Å². The Kier molecular flexibility index (Phi) is 4.88. The van der Waals surface area contributed by atoms with Gasteiger partial charge in [0.2, 0.25) is 0 Å². The third-order valence-corrected chi connectivity index (χ3v) is 4.77. The molecule has 1 aromatic heterocycles. The van der Waals surface area contributed by atoms with E-state index in [1.807, 2.05) is 36.7 Å². The second-order valence-electron chi connectivity index (χ2n) is 6.80. The van der Waals surface area contributed by atoms with Gasteiger partial charge in [-0.25, -0.2) is 0 Å². The molecule has 2 aromatic rings. The summed E-state index contributed by atoms with van der Waals surface area (Å²) < 4.78 is 1.94. The largest absolute Gasteiger partial charge is 0.481 e. The molecule has 1 aromatic carbocycles. The molecule has 25 heavy (non-hydrogen) atoms. The van der Waals surface area contributed by atoms with Crippen LogP contribution in [0, 0.1) is 19.8 Å². The highest BCUT2D eigenvalue weighted by Crippen LogP contribution is 2.25. The van der Waals surface area contributed by atoms with Crippen LogP contribution < -0.4 is 5.32 Å². The highest BCUT2D eigenvalue weighted by Gasteiger charge is 2.30. The number of benzene rings is 1. The summed E-state index contributed by atoms with van der Waals surface area (Å²) in [6.07, 6.45) is 1.86. The van der Waals surface area contributed by atoms with Gasteiger partial charge in [-0.1, -0.05) is 12.1 Å². The minimum Gasteiger partial charge on any atom is -0.481 e. The molecule has 1 amide bonds. The molecule has 1 fully saturated rings. The van der Waals surface area contributed by atoms with Gasteiger partial charge >= 0.3 is 5.97 Å². The van der Waals surface area contributed by atoms with Gasteiger partial charge in [0.25, 0.3) is 5.91 Å². The molecule has 0 radical (unpaired) electrons. The number of hydrogen-bond acceptors (Lipinski definition) is 3. The molecular formula is C19H23N3O3. The van der Waals surface area contributed by atoms with E-state index in [0.29, 0.717) is 24.9 Å². The van der Waals surface area contributed by atoms with Crippen LogP contribution in [0.1, 0.15) is 46.6 Å². The number of aromatic nitrogens is 2. The van der Waals surface area contributed by atoms with Crippen LogP contribution in [0.25, 0.3) is 0 Å². The van der Waals surface area contributed by atoms with Gasteiger partial charge < -0.3 is 10.4 Å². The van der Waals surface area contributed by atoms with Crippen molar-refractivity contribution in [1.29, 1.82) is 0 Å². The number of aryl methyl sites for hydroxylation is 2. The van der Waals surface area contributed by atoms with E-state index in [0.717, 1.165) is 23.4 Å². The normalized spacial score (nSPS) is 19.8. The van der Waals surface area contributed by atoms with Gasteiger partial charge in [-0.05, 0) is 56.9 Å². The summed E-state index contributed by atoms with van der Waals surface area (Å²) in [5.41, 5.74) is 3.77. The highest BCUT2D eigenvalue weighted by molar-refractivity contribution is 5.94. The summed E-state index contributed by atoms with van der Waals surface area (Å²) in [7, 11) is 0. The van der Waals surface area contributed by atoms with E-state index in [1.54, 1.807) is 12.1 Å². The Balaban J connectivity index is 1.59. The van der Waals surface area contributed by atoms with Crippen molar-refractivity contribution in [2.45, 2.75) is 45.7 Å². The van der Waals surface area contributed by atoms with Crippen molar-refractivity contribution >= 4 is 11.9 Å². The van der Waals surface area contributed by atoms with Gasteiger partial charge in [0.1, 0.15) is 0 Å². The third kappa shape index (κ3) is 4.07. The summed E-state index contributed by atoms with van der Waals surface area (Å²) in [5, 5.41) is 16.4. The minimum absolute atomic E-state index is 0.0528. The molecule has 0 saturated heterocycles. The Morgan fingerprint density at radius 3 is 2.52 bits per heavy atom. The van der Waals surface area contributed by atoms with Crippen LogP contribution in [-0.4, -0.2) is 32.8 Å². The number of amides is 1. The maximum Gasteiger partial charge on any atom is 0.306 e. The molecular weight excluding hydrogens is 318 g/mol. The first-order chi connectivity index (χ1) is 11.9. The van der Waals surface area contributed by atoms with E-state index >= 15 is 0 Å². The maximum atomic E-state index is 12.3. The Hall–Kier alpha value is -2.63. The Labute approximate surface area is 146 Å². The molecule has 1 saturated carbocycles. The molecule has 6 heteroatoms. The average molecular weight is 341 g/mol. The number of carboxylic acid groups (broad SMARTS) is 1. The van der Waals surface area contributed by atoms with Crippen molar-refractivity contribution in [3.63, 3.8) is 0 Å². The fourth-order valence-electron chi connectivity index (χ4n) is 3.38. The van der Waals surface area contributed by atoms with Crippen LogP contribution in [0.2, 0.25) is 0 Å². The quantitative estimate of drug-likeness (QED) is 0.875. The molecule has 0 spiro atoms. The third-order valence-electron chi connectivity index (χ3n) is 4.77. The van der Waals surface area contributed by atoms with Gasteiger partial charge in [0.05, 0.1) is 18.2 Å². The summed E-state index contributed by atoms with van der Waals surface area (Å²) in [6.45, 7) is 4.66. The topological polar surface area (TPSA) is 84.2 Å². The fourth-order valence-corrected chi connectivity index (χ4v) is 3.38. The zero-order valence-electron chi connectivity index (χ0n) is 14.5. The van der Waals surface area contributed by atoms with Crippen molar-refractivity contribution < 1.29 is 14.7 Å². The van der Waals surface area contributed by atoms with E-state index in [2.05, 4.69) is 10.4 Å². The van der Waals surface area contributed by atoms with E-state index in [1.165, 1.54) is 0 Å². The summed E-state index contributed by atoms with van der Waals surface area (Å²) in [6, 6.07) is 9.46. The van der Waals surface area contributed by atoms with Crippen molar-refractivity contribution in [2.75, 3.05) is 0 Å². The molecule has 1 heterocycles. The van der Waals surface area contributed by atoms with E-state index < -0.39 is 5.97 Å². The van der Waals surface area contributed by atoms with Gasteiger partial charge in [-0.2, -0.15) is 5.10 Å². The molecule has 3 rings (SSSR count). The van der Waals surface area contributed by atoms with Gasteiger partial charge in [-0.3, -0.25) is 14.3 Å². The smallest absolute Gasteiger partial charge is 0.306 e. The lowest BCUT2D eigenvalue weighted by molar-refractivity contribution is -0.141. The molecule has 1 aliphatic rings. The molecule has 2 N–H and O–H groups in total. The van der Waals surface area contributed by atoms with Gasteiger partial charge in [-0.15, -0.1) is 0 Å². The van der Waals surface area contributed by atoms with Crippen molar-refractivity contribution in [1.82, 2.24) is 15.1 Å². The Morgan fingerprint density at radius 2 is 1.96 bits per heavy atom. The number of hydrogen-bond donors (Lipinski definition) is 2. The second kappa shape index (κ2) is 7.09. The molecule has 6 nitrogen and oxygen atoms in total. The minimum atomic E-state index is -0.773. The van der Waals surface area contributed by atoms with Crippen LogP contribution in [0.5, 0.6) is 0 Å². The van der Waals surface area contributed by atoms with Gasteiger partial charge in [0, 0.05) is 17.3 Å². The molecule has 2 atom stereocenters. The predicted molar refractivity (Wildman–Crippen MR) is 93.5 cm³/mol. The number of carbonyl (C=O) groups excluding carboxylic acids is 1. The molecule has 0 bridgehead atoms. The van der Waals surface area contributed by atoms with E-state index in [4.69, 9.17) is 5.11 Å². The maximum absolute atomic E-state index is 12.3. The van der Waals surface area contributed by atoms with Crippen LogP contribution in [0.15, 0.2) is 30.3 Å². The van der Waals surface area contributed by atoms with Crippen LogP contribution in [0.3, 0.4) is 0 Å². The first-order valence-electron chi connectivity index (χ1n) is 8.56. The van der Waals surface area contributed by atoms with Crippen LogP contribution in [-0.2, 0) is 11.3 Å². The van der Waals surface area contributed by atoms with E-state index in [9.17, 15) is 9.59 Å². The summed E-state index contributed by atoms with van der Waals surface area (Å²) >= 11 is 0. The zero-order chi connectivity index (χ0) is 18.0. The first-order valence-corrected chi connectivity index (χ1v) is 8.56. The Morgan fingerprint density at radius 1 is 1.24 bits per heavy atom. The molecule has 0 aliphatic heterocycles. The lowest BCUT2D eigenvalue weighted by atomic mass is 10.1. The number of nitrogens with one attached hydrogen (secondary N) is 1. The van der Waals surface area contributed by atoms with E-state index in [-0.39, 0.29) is 17.9 Å². The van der Waals surface area contributed by atoms with Crippen molar-refractivity contribution in [3.05, 3.63) is 52.8 Å². The zero-order valence-corrected chi connectivity index (χ0v) is 14.5. The molecule has 0 unspecified atom stereocenters. The monoisotopic (exact) mass is 341 g/mol. The standard InChI is InChI=1S/C19H23N3O3/c1-12-9-13(2)22(21-12)11-14-3-5-15(6-4-14)18(23)20-17-8-7-16(10-17)19(24)25/h3-6,9,16-17H,7-8,10-11H2,1-2H3,(H,20,23)(H,24,25)/t16-,17+/m0/s1. The number of rotatable bonds is 5. The lowest BCUT2D eigenvalue weighted by Gasteiger charge is -2.13. The molecule has 1 aliphatic carbocycles. The van der Waals surface area contributed by atoms with Crippen LogP contribution in [0.4, 0.5) is 0 Å². The summed E-state index contributed by atoms with van der Waals surface area (Å²) in [5.74, 6) is -1.26. The van der Waals surface area contributed by atoms with Crippen LogP contribution >= 0.6 is 0 Å². The number of carbonyl (C=O) groups is 2. The highest BCUT2D eigenvalue weighted by atomic mass is 16.4. The number of nitrogens with zero attached hydrogens (tertiary/aromatic N) is 2. The average Bonchev–Trinajstić information content (AvgIpc) is 3.15. The first kappa shape index (κ1) is 17.2. The fraction of sp³-hybridized carbons (Fsp3) is 0.421. The van der Waals surface area contributed by atoms with Gasteiger partial charge in [0.15, 0.2) is 0 Å². The second-order valence-corrected chi connectivity index (χ2v) is 6.80. The predicted octanol–water partition coefficient (Wildman–Crippen LogP) is 2.53. The SMILES string of the molecule is Cc1cc(C)n(Cc2ccc(C(=O)N[C@@H]3CC[C@H](C(=O)O)C3)cc2)n1.